The lowest BCUT2D eigenvalue weighted by molar-refractivity contribution is 0.0384. The molecule has 8 heteroatoms. The molecule has 1 atom stereocenters. The minimum atomic E-state index is -0.966. The van der Waals surface area contributed by atoms with E-state index in [9.17, 15) is 9.90 Å². The monoisotopic (exact) mass is 503 g/mol. The van der Waals surface area contributed by atoms with Crippen LogP contribution in [0.25, 0.3) is 0 Å². The zero-order chi connectivity index (χ0) is 26.1. The third kappa shape index (κ3) is 6.96. The zero-order valence-electron chi connectivity index (χ0n) is 21.6. The van der Waals surface area contributed by atoms with Crippen LogP contribution in [0, 0.1) is 17.7 Å². The molecule has 0 bridgehead atoms. The van der Waals surface area contributed by atoms with Crippen LogP contribution < -0.4 is 9.64 Å². The predicted molar refractivity (Wildman–Crippen MR) is 136 cm³/mol. The second kappa shape index (κ2) is 13.6. The number of benzene rings is 2. The molecule has 0 heterocycles. The number of anilines is 1. The van der Waals surface area contributed by atoms with Crippen LogP contribution in [0.4, 0.5) is 10.1 Å². The lowest BCUT2D eigenvalue weighted by atomic mass is 9.81. The number of carbonyl (C=O) groups excluding carboxylic acids is 1. The number of nitrogens with zero attached hydrogens (tertiary/aromatic N) is 1. The molecule has 1 fully saturated rings. The van der Waals surface area contributed by atoms with Crippen LogP contribution in [0.3, 0.4) is 0 Å². The zero-order valence-corrected chi connectivity index (χ0v) is 21.6. The van der Waals surface area contributed by atoms with Gasteiger partial charge in [-0.3, -0.25) is 0 Å². The Morgan fingerprint density at radius 1 is 1.06 bits per heavy atom. The molecule has 1 saturated carbocycles. The summed E-state index contributed by atoms with van der Waals surface area (Å²) >= 11 is 0. The van der Waals surface area contributed by atoms with Gasteiger partial charge in [0.05, 0.1) is 37.6 Å². The van der Waals surface area contributed by atoms with Gasteiger partial charge in [-0.1, -0.05) is 50.1 Å². The van der Waals surface area contributed by atoms with Gasteiger partial charge in [-0.05, 0) is 30.4 Å². The largest absolute Gasteiger partial charge is 0.486 e. The third-order valence-corrected chi connectivity index (χ3v) is 6.85. The van der Waals surface area contributed by atoms with E-state index in [1.54, 1.807) is 19.1 Å². The second-order valence-corrected chi connectivity index (χ2v) is 9.47. The Labute approximate surface area is 213 Å². The van der Waals surface area contributed by atoms with E-state index in [0.717, 1.165) is 31.2 Å². The number of hydrogen-bond donors (Lipinski definition) is 1. The molecule has 0 radical (unpaired) electrons. The van der Waals surface area contributed by atoms with Gasteiger partial charge in [0.1, 0.15) is 12.8 Å². The van der Waals surface area contributed by atoms with E-state index in [1.165, 1.54) is 19.2 Å². The number of carbonyl (C=O) groups is 1. The average Bonchev–Trinajstić information content (AvgIpc) is 2.89. The van der Waals surface area contributed by atoms with Crippen molar-refractivity contribution in [3.63, 3.8) is 0 Å². The summed E-state index contributed by atoms with van der Waals surface area (Å²) in [6.07, 6.45) is 2.70. The van der Waals surface area contributed by atoms with E-state index in [1.807, 2.05) is 30.3 Å². The smallest absolute Gasteiger partial charge is 0.340 e. The standard InChI is InChI=1S/C28H38FNO6/c1-19-10-12-21(13-11-19)27(31)30(22(17-33-2)18-34-3)25-15-24(29)26(14-23(25)28(32)35-4)36-16-20-8-6-5-7-9-20/h5-9,14-15,19,21-22,27,31H,10-13,16-18H2,1-4H3. The second-order valence-electron chi connectivity index (χ2n) is 9.47. The summed E-state index contributed by atoms with van der Waals surface area (Å²) in [7, 11) is 4.38. The Morgan fingerprint density at radius 2 is 1.69 bits per heavy atom. The molecule has 0 aliphatic heterocycles. The lowest BCUT2D eigenvalue weighted by Crippen LogP contribution is -2.52. The highest BCUT2D eigenvalue weighted by Crippen LogP contribution is 2.37. The quantitative estimate of drug-likeness (QED) is 0.329. The van der Waals surface area contributed by atoms with Crippen LogP contribution in [-0.2, 0) is 20.8 Å². The average molecular weight is 504 g/mol. The number of ether oxygens (including phenoxy) is 4. The highest BCUT2D eigenvalue weighted by Gasteiger charge is 2.36. The van der Waals surface area contributed by atoms with Crippen LogP contribution in [-0.4, -0.2) is 57.9 Å². The van der Waals surface area contributed by atoms with Crippen molar-refractivity contribution in [3.05, 3.63) is 59.4 Å². The normalized spacial score (nSPS) is 18.6. The third-order valence-electron chi connectivity index (χ3n) is 6.85. The van der Waals surface area contributed by atoms with Crippen LogP contribution in [0.2, 0.25) is 0 Å². The van der Waals surface area contributed by atoms with Gasteiger partial charge in [0, 0.05) is 26.2 Å². The number of aliphatic hydroxyl groups is 1. The first-order valence-corrected chi connectivity index (χ1v) is 12.4. The number of esters is 1. The van der Waals surface area contributed by atoms with Crippen molar-refractivity contribution in [1.82, 2.24) is 0 Å². The molecule has 0 aromatic heterocycles. The summed E-state index contributed by atoms with van der Waals surface area (Å²) in [4.78, 5) is 14.5. The topological polar surface area (TPSA) is 77.5 Å². The fraction of sp³-hybridized carbons (Fsp3) is 0.536. The molecule has 1 unspecified atom stereocenters. The number of methoxy groups -OCH3 is 3. The summed E-state index contributed by atoms with van der Waals surface area (Å²) in [5.74, 6) is -0.812. The first-order valence-electron chi connectivity index (χ1n) is 12.4. The maximum Gasteiger partial charge on any atom is 0.340 e. The van der Waals surface area contributed by atoms with Crippen molar-refractivity contribution in [2.45, 2.75) is 51.5 Å². The van der Waals surface area contributed by atoms with Crippen LogP contribution in [0.1, 0.15) is 48.5 Å². The molecular formula is C28H38FNO6. The van der Waals surface area contributed by atoms with Crippen molar-refractivity contribution in [3.8, 4) is 5.75 Å². The summed E-state index contributed by atoms with van der Waals surface area (Å²) in [5, 5.41) is 11.6. The molecule has 198 valence electrons. The summed E-state index contributed by atoms with van der Waals surface area (Å²) in [6.45, 7) is 2.77. The van der Waals surface area contributed by atoms with Crippen molar-refractivity contribution < 1.29 is 33.2 Å². The van der Waals surface area contributed by atoms with E-state index in [2.05, 4.69) is 6.92 Å². The van der Waals surface area contributed by atoms with Gasteiger partial charge < -0.3 is 29.0 Å². The van der Waals surface area contributed by atoms with E-state index in [-0.39, 0.29) is 42.7 Å². The molecule has 2 aromatic carbocycles. The van der Waals surface area contributed by atoms with Gasteiger partial charge in [0.15, 0.2) is 11.6 Å². The van der Waals surface area contributed by atoms with Crippen LogP contribution in [0.15, 0.2) is 42.5 Å². The number of rotatable bonds is 12. The molecule has 36 heavy (non-hydrogen) atoms. The molecule has 7 nitrogen and oxygen atoms in total. The van der Waals surface area contributed by atoms with Gasteiger partial charge >= 0.3 is 5.97 Å². The van der Waals surface area contributed by atoms with E-state index in [4.69, 9.17) is 18.9 Å². The molecule has 0 amide bonds. The maximum absolute atomic E-state index is 15.4. The predicted octanol–water partition coefficient (Wildman–Crippen LogP) is 4.80. The Bertz CT molecular complexity index is 958. The number of hydrogen-bond acceptors (Lipinski definition) is 7. The highest BCUT2D eigenvalue weighted by molar-refractivity contribution is 5.96. The van der Waals surface area contributed by atoms with Gasteiger partial charge in [-0.15, -0.1) is 0 Å². The lowest BCUT2D eigenvalue weighted by Gasteiger charge is -2.42. The molecule has 1 aliphatic rings. The fourth-order valence-corrected chi connectivity index (χ4v) is 4.84. The van der Waals surface area contributed by atoms with Gasteiger partial charge in [-0.25, -0.2) is 9.18 Å². The van der Waals surface area contributed by atoms with Gasteiger partial charge in [0.25, 0.3) is 0 Å². The molecular weight excluding hydrogens is 465 g/mol. The van der Waals surface area contributed by atoms with Crippen molar-refractivity contribution in [2.75, 3.05) is 39.4 Å². The van der Waals surface area contributed by atoms with Gasteiger partial charge in [-0.2, -0.15) is 0 Å². The van der Waals surface area contributed by atoms with Crippen molar-refractivity contribution in [2.24, 2.45) is 11.8 Å². The Balaban J connectivity index is 2.02. The fourth-order valence-electron chi connectivity index (χ4n) is 4.84. The maximum atomic E-state index is 15.4. The number of aliphatic hydroxyl groups excluding tert-OH is 1. The Kier molecular flexibility index (Phi) is 10.5. The molecule has 0 spiro atoms. The summed E-state index contributed by atoms with van der Waals surface area (Å²) < 4.78 is 37.0. The minimum absolute atomic E-state index is 0.0417. The van der Waals surface area contributed by atoms with E-state index < -0.39 is 24.1 Å². The van der Waals surface area contributed by atoms with Crippen molar-refractivity contribution >= 4 is 11.7 Å². The van der Waals surface area contributed by atoms with Gasteiger partial charge in [0.2, 0.25) is 0 Å². The first-order chi connectivity index (χ1) is 17.4. The Morgan fingerprint density at radius 3 is 2.28 bits per heavy atom. The molecule has 2 aromatic rings. The Hall–Kier alpha value is -2.68. The molecule has 1 aliphatic carbocycles. The highest BCUT2D eigenvalue weighted by atomic mass is 19.1. The first kappa shape index (κ1) is 27.9. The molecule has 3 rings (SSSR count). The van der Waals surface area contributed by atoms with Crippen LogP contribution >= 0.6 is 0 Å². The summed E-state index contributed by atoms with van der Waals surface area (Å²) in [6, 6.07) is 11.5. The number of halogens is 1. The van der Waals surface area contributed by atoms with E-state index in [0.29, 0.717) is 5.92 Å². The molecule has 1 N–H and O–H groups in total. The molecule has 0 saturated heterocycles. The minimum Gasteiger partial charge on any atom is -0.486 e. The summed E-state index contributed by atoms with van der Waals surface area (Å²) in [5.41, 5.74) is 1.18. The SMILES string of the molecule is COCC(COC)N(c1cc(F)c(OCc2ccccc2)cc1C(=O)OC)C(O)C1CCC(C)CC1. The van der Waals surface area contributed by atoms with E-state index >= 15 is 4.39 Å². The van der Waals surface area contributed by atoms with Crippen molar-refractivity contribution in [1.29, 1.82) is 0 Å². The van der Waals surface area contributed by atoms with Crippen LogP contribution in [0.5, 0.6) is 5.75 Å².